The Morgan fingerprint density at radius 1 is 1.14 bits per heavy atom. The Labute approximate surface area is 173 Å². The standard InChI is InChI=1S/C24H31NO4/c1-17-13-14-21(25(17)23(27)29-24(2,3)4)22(26)19-11-8-12-20(15-19)28-16-18-9-6-5-7-10-18/h5-12,15,17,21-22,26H,13-14,16H2,1-4H3/t17-,21?,22?/m1/s1. The molecular weight excluding hydrogens is 366 g/mol. The molecule has 1 heterocycles. The number of likely N-dealkylation sites (tertiary alicyclic amines) is 1. The maximum Gasteiger partial charge on any atom is 0.410 e. The summed E-state index contributed by atoms with van der Waals surface area (Å²) in [5.41, 5.74) is 1.25. The Hall–Kier alpha value is -2.53. The zero-order valence-electron chi connectivity index (χ0n) is 17.7. The van der Waals surface area contributed by atoms with Gasteiger partial charge >= 0.3 is 6.09 Å². The molecule has 2 unspecified atom stereocenters. The van der Waals surface area contributed by atoms with Gasteiger partial charge in [-0.25, -0.2) is 4.79 Å². The lowest BCUT2D eigenvalue weighted by Crippen LogP contribution is -2.45. The summed E-state index contributed by atoms with van der Waals surface area (Å²) in [5.74, 6) is 0.695. The van der Waals surface area contributed by atoms with Crippen LogP contribution < -0.4 is 4.74 Å². The Balaban J connectivity index is 1.71. The van der Waals surface area contributed by atoms with E-state index in [-0.39, 0.29) is 18.2 Å². The summed E-state index contributed by atoms with van der Waals surface area (Å²) in [7, 11) is 0. The van der Waals surface area contributed by atoms with Crippen molar-refractivity contribution in [3.63, 3.8) is 0 Å². The average molecular weight is 398 g/mol. The molecule has 3 rings (SSSR count). The SMILES string of the molecule is C[C@@H]1CCC(C(O)c2cccc(OCc3ccccc3)c2)N1C(=O)OC(C)(C)C. The molecule has 1 aliphatic rings. The molecule has 0 spiro atoms. The van der Waals surface area contributed by atoms with Crippen molar-refractivity contribution in [1.29, 1.82) is 0 Å². The van der Waals surface area contributed by atoms with Crippen LogP contribution in [0.4, 0.5) is 4.79 Å². The molecule has 0 saturated carbocycles. The van der Waals surface area contributed by atoms with E-state index in [9.17, 15) is 9.90 Å². The smallest absolute Gasteiger partial charge is 0.410 e. The molecule has 3 atom stereocenters. The number of ether oxygens (including phenoxy) is 2. The molecule has 2 aromatic rings. The van der Waals surface area contributed by atoms with Crippen molar-refractivity contribution in [2.75, 3.05) is 0 Å². The van der Waals surface area contributed by atoms with Gasteiger partial charge < -0.3 is 14.6 Å². The van der Waals surface area contributed by atoms with E-state index in [2.05, 4.69) is 0 Å². The fourth-order valence-corrected chi connectivity index (χ4v) is 3.71. The molecule has 0 aliphatic carbocycles. The average Bonchev–Trinajstić information content (AvgIpc) is 3.07. The van der Waals surface area contributed by atoms with Crippen molar-refractivity contribution in [2.24, 2.45) is 0 Å². The highest BCUT2D eigenvalue weighted by molar-refractivity contribution is 5.69. The first-order valence-electron chi connectivity index (χ1n) is 10.2. The number of benzene rings is 2. The largest absolute Gasteiger partial charge is 0.489 e. The molecule has 0 bridgehead atoms. The Kier molecular flexibility index (Phi) is 6.48. The molecule has 1 saturated heterocycles. The van der Waals surface area contributed by atoms with E-state index >= 15 is 0 Å². The highest BCUT2D eigenvalue weighted by Crippen LogP contribution is 2.35. The third-order valence-electron chi connectivity index (χ3n) is 5.13. The van der Waals surface area contributed by atoms with Crippen LogP contribution in [-0.2, 0) is 11.3 Å². The Morgan fingerprint density at radius 3 is 2.55 bits per heavy atom. The van der Waals surface area contributed by atoms with Crippen molar-refractivity contribution < 1.29 is 19.4 Å². The molecule has 1 N–H and O–H groups in total. The van der Waals surface area contributed by atoms with Crippen LogP contribution in [0.3, 0.4) is 0 Å². The predicted molar refractivity (Wildman–Crippen MR) is 113 cm³/mol. The van der Waals surface area contributed by atoms with Crippen LogP contribution in [0.1, 0.15) is 57.8 Å². The molecule has 29 heavy (non-hydrogen) atoms. The summed E-state index contributed by atoms with van der Waals surface area (Å²) in [6.07, 6.45) is 0.401. The summed E-state index contributed by atoms with van der Waals surface area (Å²) in [5, 5.41) is 11.1. The molecular formula is C24H31NO4. The third kappa shape index (κ3) is 5.51. The number of amides is 1. The molecule has 1 fully saturated rings. The van der Waals surface area contributed by atoms with E-state index in [0.717, 1.165) is 24.0 Å². The van der Waals surface area contributed by atoms with Crippen LogP contribution in [-0.4, -0.2) is 33.8 Å². The van der Waals surface area contributed by atoms with Crippen LogP contribution in [0.25, 0.3) is 0 Å². The molecule has 1 amide bonds. The van der Waals surface area contributed by atoms with Gasteiger partial charge in [0, 0.05) is 6.04 Å². The minimum atomic E-state index is -0.798. The summed E-state index contributed by atoms with van der Waals surface area (Å²) < 4.78 is 11.5. The quantitative estimate of drug-likeness (QED) is 0.764. The Bertz CT molecular complexity index is 815. The first-order valence-corrected chi connectivity index (χ1v) is 10.2. The van der Waals surface area contributed by atoms with E-state index in [1.54, 1.807) is 4.90 Å². The molecule has 0 radical (unpaired) electrons. The van der Waals surface area contributed by atoms with Crippen LogP contribution in [0.15, 0.2) is 54.6 Å². The molecule has 0 aromatic heterocycles. The van der Waals surface area contributed by atoms with Crippen molar-refractivity contribution in [3.8, 4) is 5.75 Å². The van der Waals surface area contributed by atoms with Crippen molar-refractivity contribution in [2.45, 2.75) is 70.9 Å². The van der Waals surface area contributed by atoms with Crippen LogP contribution in [0.2, 0.25) is 0 Å². The molecule has 5 heteroatoms. The van der Waals surface area contributed by atoms with Gasteiger partial charge in [-0.3, -0.25) is 4.90 Å². The summed E-state index contributed by atoms with van der Waals surface area (Å²) in [4.78, 5) is 14.4. The van der Waals surface area contributed by atoms with Crippen LogP contribution >= 0.6 is 0 Å². The van der Waals surface area contributed by atoms with E-state index < -0.39 is 11.7 Å². The predicted octanol–water partition coefficient (Wildman–Crippen LogP) is 5.09. The highest BCUT2D eigenvalue weighted by atomic mass is 16.6. The number of hydrogen-bond acceptors (Lipinski definition) is 4. The second-order valence-corrected chi connectivity index (χ2v) is 8.67. The van der Waals surface area contributed by atoms with Gasteiger partial charge in [0.1, 0.15) is 18.0 Å². The fraction of sp³-hybridized carbons (Fsp3) is 0.458. The minimum Gasteiger partial charge on any atom is -0.489 e. The number of rotatable bonds is 5. The molecule has 1 aliphatic heterocycles. The summed E-state index contributed by atoms with van der Waals surface area (Å²) in [6, 6.07) is 17.1. The second-order valence-electron chi connectivity index (χ2n) is 8.67. The first-order chi connectivity index (χ1) is 13.7. The van der Waals surface area contributed by atoms with Crippen molar-refractivity contribution >= 4 is 6.09 Å². The normalized spacial score (nSPS) is 20.4. The summed E-state index contributed by atoms with van der Waals surface area (Å²) in [6.45, 7) is 8.01. The topological polar surface area (TPSA) is 59.0 Å². The van der Waals surface area contributed by atoms with E-state index in [1.165, 1.54) is 0 Å². The third-order valence-corrected chi connectivity index (χ3v) is 5.13. The van der Waals surface area contributed by atoms with Gasteiger partial charge in [0.05, 0.1) is 12.1 Å². The van der Waals surface area contributed by atoms with Gasteiger partial charge in [0.15, 0.2) is 0 Å². The zero-order valence-corrected chi connectivity index (χ0v) is 17.7. The van der Waals surface area contributed by atoms with Crippen LogP contribution in [0.5, 0.6) is 5.75 Å². The minimum absolute atomic E-state index is 0.0296. The Morgan fingerprint density at radius 2 is 1.86 bits per heavy atom. The van der Waals surface area contributed by atoms with Crippen molar-refractivity contribution in [3.05, 3.63) is 65.7 Å². The number of hydrogen-bond donors (Lipinski definition) is 1. The molecule has 5 nitrogen and oxygen atoms in total. The number of carbonyl (C=O) groups excluding carboxylic acids is 1. The van der Waals surface area contributed by atoms with E-state index in [1.807, 2.05) is 82.3 Å². The number of nitrogens with zero attached hydrogens (tertiary/aromatic N) is 1. The monoisotopic (exact) mass is 397 g/mol. The fourth-order valence-electron chi connectivity index (χ4n) is 3.71. The lowest BCUT2D eigenvalue weighted by atomic mass is 10.00. The van der Waals surface area contributed by atoms with Gasteiger partial charge in [-0.15, -0.1) is 0 Å². The number of aliphatic hydroxyl groups is 1. The zero-order chi connectivity index (χ0) is 21.0. The maximum atomic E-state index is 12.7. The molecule has 2 aromatic carbocycles. The maximum absolute atomic E-state index is 12.7. The lowest BCUT2D eigenvalue weighted by molar-refractivity contribution is -0.00293. The highest BCUT2D eigenvalue weighted by Gasteiger charge is 2.41. The van der Waals surface area contributed by atoms with Crippen LogP contribution in [0, 0.1) is 0 Å². The van der Waals surface area contributed by atoms with Gasteiger partial charge in [-0.05, 0) is 63.8 Å². The van der Waals surface area contributed by atoms with E-state index in [0.29, 0.717) is 12.4 Å². The van der Waals surface area contributed by atoms with Gasteiger partial charge in [-0.1, -0.05) is 42.5 Å². The van der Waals surface area contributed by atoms with Gasteiger partial charge in [0.2, 0.25) is 0 Å². The van der Waals surface area contributed by atoms with Gasteiger partial charge in [0.25, 0.3) is 0 Å². The number of carbonyl (C=O) groups is 1. The number of aliphatic hydroxyl groups excluding tert-OH is 1. The van der Waals surface area contributed by atoms with E-state index in [4.69, 9.17) is 9.47 Å². The summed E-state index contributed by atoms with van der Waals surface area (Å²) >= 11 is 0. The first kappa shape index (κ1) is 21.2. The lowest BCUT2D eigenvalue weighted by Gasteiger charge is -2.33. The second kappa shape index (κ2) is 8.87. The van der Waals surface area contributed by atoms with Gasteiger partial charge in [-0.2, -0.15) is 0 Å². The molecule has 156 valence electrons. The van der Waals surface area contributed by atoms with Crippen molar-refractivity contribution in [1.82, 2.24) is 4.90 Å².